The molecular formula is C14H27N3O2. The summed E-state index contributed by atoms with van der Waals surface area (Å²) in [4.78, 5) is 14.3. The molecule has 0 aromatic rings. The number of amides is 1. The van der Waals surface area contributed by atoms with Crippen LogP contribution in [-0.4, -0.2) is 62.3 Å². The van der Waals surface area contributed by atoms with E-state index in [-0.39, 0.29) is 18.6 Å². The molecule has 0 spiro atoms. The van der Waals surface area contributed by atoms with Crippen molar-refractivity contribution < 1.29 is 9.53 Å². The van der Waals surface area contributed by atoms with E-state index in [0.29, 0.717) is 6.04 Å². The SMILES string of the molecule is CCN1CCC(NC(=O)COC2CCNCC2)CC1. The van der Waals surface area contributed by atoms with Crippen molar-refractivity contribution in [2.24, 2.45) is 0 Å². The van der Waals surface area contributed by atoms with Gasteiger partial charge in [-0.15, -0.1) is 0 Å². The molecule has 110 valence electrons. The van der Waals surface area contributed by atoms with Crippen LogP contribution in [0.2, 0.25) is 0 Å². The average molecular weight is 269 g/mol. The third-order valence-corrected chi connectivity index (χ3v) is 4.14. The summed E-state index contributed by atoms with van der Waals surface area (Å²) in [5, 5.41) is 6.39. The summed E-state index contributed by atoms with van der Waals surface area (Å²) >= 11 is 0. The second-order valence-corrected chi connectivity index (χ2v) is 5.54. The van der Waals surface area contributed by atoms with Crippen molar-refractivity contribution in [3.05, 3.63) is 0 Å². The Balaban J connectivity index is 1.59. The molecule has 19 heavy (non-hydrogen) atoms. The fraction of sp³-hybridized carbons (Fsp3) is 0.929. The van der Waals surface area contributed by atoms with Crippen molar-refractivity contribution in [2.45, 2.75) is 44.8 Å². The summed E-state index contributed by atoms with van der Waals surface area (Å²) in [6.45, 7) is 7.71. The van der Waals surface area contributed by atoms with Crippen LogP contribution in [-0.2, 0) is 9.53 Å². The van der Waals surface area contributed by atoms with Crippen LogP contribution >= 0.6 is 0 Å². The fourth-order valence-electron chi connectivity index (χ4n) is 2.82. The minimum Gasteiger partial charge on any atom is -0.368 e. The number of hydrogen-bond donors (Lipinski definition) is 2. The quantitative estimate of drug-likeness (QED) is 0.756. The normalized spacial score (nSPS) is 23.4. The van der Waals surface area contributed by atoms with E-state index in [0.717, 1.165) is 58.4 Å². The minimum absolute atomic E-state index is 0.0495. The molecule has 0 saturated carbocycles. The maximum atomic E-state index is 11.8. The van der Waals surface area contributed by atoms with E-state index in [9.17, 15) is 4.79 Å². The van der Waals surface area contributed by atoms with Gasteiger partial charge in [0.1, 0.15) is 6.61 Å². The summed E-state index contributed by atoms with van der Waals surface area (Å²) in [7, 11) is 0. The van der Waals surface area contributed by atoms with Crippen LogP contribution in [0.3, 0.4) is 0 Å². The standard InChI is InChI=1S/C14H27N3O2/c1-2-17-9-5-12(6-10-17)16-14(18)11-19-13-3-7-15-8-4-13/h12-13,15H,2-11H2,1H3,(H,16,18). The predicted molar refractivity (Wildman–Crippen MR) is 75.1 cm³/mol. The van der Waals surface area contributed by atoms with Crippen LogP contribution in [0.5, 0.6) is 0 Å². The molecule has 1 amide bonds. The van der Waals surface area contributed by atoms with Gasteiger partial charge in [-0.25, -0.2) is 0 Å². The van der Waals surface area contributed by atoms with Crippen LogP contribution in [0.1, 0.15) is 32.6 Å². The number of nitrogens with one attached hydrogen (secondary N) is 2. The van der Waals surface area contributed by atoms with E-state index in [1.54, 1.807) is 0 Å². The number of nitrogens with zero attached hydrogens (tertiary/aromatic N) is 1. The zero-order chi connectivity index (χ0) is 13.5. The molecule has 5 heteroatoms. The van der Waals surface area contributed by atoms with Gasteiger partial charge < -0.3 is 20.3 Å². The van der Waals surface area contributed by atoms with E-state index in [4.69, 9.17) is 4.74 Å². The van der Waals surface area contributed by atoms with Crippen molar-refractivity contribution in [2.75, 3.05) is 39.3 Å². The van der Waals surface area contributed by atoms with Crippen LogP contribution in [0.25, 0.3) is 0 Å². The second-order valence-electron chi connectivity index (χ2n) is 5.54. The zero-order valence-electron chi connectivity index (χ0n) is 12.0. The van der Waals surface area contributed by atoms with E-state index in [2.05, 4.69) is 22.5 Å². The maximum absolute atomic E-state index is 11.8. The number of hydrogen-bond acceptors (Lipinski definition) is 4. The van der Waals surface area contributed by atoms with Crippen LogP contribution in [0.15, 0.2) is 0 Å². The lowest BCUT2D eigenvalue weighted by molar-refractivity contribution is -0.129. The van der Waals surface area contributed by atoms with Gasteiger partial charge in [0, 0.05) is 19.1 Å². The molecule has 0 unspecified atom stereocenters. The average Bonchev–Trinajstić information content (AvgIpc) is 2.47. The molecule has 0 radical (unpaired) electrons. The minimum atomic E-state index is 0.0495. The highest BCUT2D eigenvalue weighted by Gasteiger charge is 2.20. The van der Waals surface area contributed by atoms with Gasteiger partial charge in [0.2, 0.25) is 5.91 Å². The molecule has 2 saturated heterocycles. The number of carbonyl (C=O) groups excluding carboxylic acids is 1. The number of rotatable bonds is 5. The van der Waals surface area contributed by atoms with Crippen molar-refractivity contribution >= 4 is 5.91 Å². The van der Waals surface area contributed by atoms with Gasteiger partial charge in [-0.05, 0) is 45.3 Å². The lowest BCUT2D eigenvalue weighted by Crippen LogP contribution is -2.46. The molecule has 2 aliphatic heterocycles. The highest BCUT2D eigenvalue weighted by molar-refractivity contribution is 5.77. The van der Waals surface area contributed by atoms with Gasteiger partial charge in [0.25, 0.3) is 0 Å². The molecule has 0 aromatic heterocycles. The van der Waals surface area contributed by atoms with E-state index >= 15 is 0 Å². The second kappa shape index (κ2) is 7.82. The smallest absolute Gasteiger partial charge is 0.246 e. The van der Waals surface area contributed by atoms with Crippen molar-refractivity contribution in [1.29, 1.82) is 0 Å². The Labute approximate surface area is 116 Å². The Morgan fingerprint density at radius 3 is 2.58 bits per heavy atom. The summed E-state index contributed by atoms with van der Waals surface area (Å²) in [5.41, 5.74) is 0. The molecule has 2 heterocycles. The zero-order valence-corrected chi connectivity index (χ0v) is 12.0. The van der Waals surface area contributed by atoms with E-state index in [1.165, 1.54) is 0 Å². The summed E-state index contributed by atoms with van der Waals surface area (Å²) in [6.07, 6.45) is 4.42. The molecule has 5 nitrogen and oxygen atoms in total. The summed E-state index contributed by atoms with van der Waals surface area (Å²) < 4.78 is 5.67. The summed E-state index contributed by atoms with van der Waals surface area (Å²) in [5.74, 6) is 0.0495. The topological polar surface area (TPSA) is 53.6 Å². The fourth-order valence-corrected chi connectivity index (χ4v) is 2.82. The molecule has 0 aliphatic carbocycles. The van der Waals surface area contributed by atoms with Crippen molar-refractivity contribution in [3.63, 3.8) is 0 Å². The molecule has 2 N–H and O–H groups in total. The number of piperidine rings is 2. The lowest BCUT2D eigenvalue weighted by Gasteiger charge is -2.31. The Morgan fingerprint density at radius 2 is 1.95 bits per heavy atom. The largest absolute Gasteiger partial charge is 0.368 e. The molecule has 0 aromatic carbocycles. The molecule has 0 bridgehead atoms. The van der Waals surface area contributed by atoms with Gasteiger partial charge in [0.05, 0.1) is 6.10 Å². The lowest BCUT2D eigenvalue weighted by atomic mass is 10.1. The van der Waals surface area contributed by atoms with E-state index in [1.807, 2.05) is 0 Å². The summed E-state index contributed by atoms with van der Waals surface area (Å²) in [6, 6.07) is 0.340. The Kier molecular flexibility index (Phi) is 6.07. The van der Waals surface area contributed by atoms with E-state index < -0.39 is 0 Å². The molecule has 2 aliphatic rings. The first-order valence-electron chi connectivity index (χ1n) is 7.62. The molecular weight excluding hydrogens is 242 g/mol. The molecule has 2 fully saturated rings. The van der Waals surface area contributed by atoms with Crippen LogP contribution in [0.4, 0.5) is 0 Å². The number of likely N-dealkylation sites (tertiary alicyclic amines) is 1. The third kappa shape index (κ3) is 5.09. The Hall–Kier alpha value is -0.650. The molecule has 2 rings (SSSR count). The third-order valence-electron chi connectivity index (χ3n) is 4.14. The number of carbonyl (C=O) groups is 1. The Bertz CT molecular complexity index is 272. The highest BCUT2D eigenvalue weighted by Crippen LogP contribution is 2.10. The predicted octanol–water partition coefficient (Wildman–Crippen LogP) is 0.356. The van der Waals surface area contributed by atoms with Gasteiger partial charge in [-0.1, -0.05) is 6.92 Å². The van der Waals surface area contributed by atoms with Gasteiger partial charge in [-0.3, -0.25) is 4.79 Å². The highest BCUT2D eigenvalue weighted by atomic mass is 16.5. The van der Waals surface area contributed by atoms with Crippen molar-refractivity contribution in [1.82, 2.24) is 15.5 Å². The van der Waals surface area contributed by atoms with Gasteiger partial charge in [-0.2, -0.15) is 0 Å². The monoisotopic (exact) mass is 269 g/mol. The van der Waals surface area contributed by atoms with Crippen LogP contribution < -0.4 is 10.6 Å². The van der Waals surface area contributed by atoms with Crippen molar-refractivity contribution in [3.8, 4) is 0 Å². The van der Waals surface area contributed by atoms with Gasteiger partial charge >= 0.3 is 0 Å². The first kappa shape index (κ1) is 14.8. The van der Waals surface area contributed by atoms with Crippen LogP contribution in [0, 0.1) is 0 Å². The number of ether oxygens (including phenoxy) is 1. The first-order valence-corrected chi connectivity index (χ1v) is 7.62. The molecule has 0 atom stereocenters. The maximum Gasteiger partial charge on any atom is 0.246 e. The first-order chi connectivity index (χ1) is 9.28. The Morgan fingerprint density at radius 1 is 1.26 bits per heavy atom. The van der Waals surface area contributed by atoms with Gasteiger partial charge in [0.15, 0.2) is 0 Å².